The summed E-state index contributed by atoms with van der Waals surface area (Å²) in [5, 5.41) is 0. The summed E-state index contributed by atoms with van der Waals surface area (Å²) in [4.78, 5) is 5.08. The highest BCUT2D eigenvalue weighted by molar-refractivity contribution is 9.09. The molecule has 2 aromatic rings. The number of halogens is 1. The number of rotatable bonds is 3. The van der Waals surface area contributed by atoms with Gasteiger partial charge in [0.2, 0.25) is 0 Å². The van der Waals surface area contributed by atoms with Crippen molar-refractivity contribution in [1.29, 1.82) is 0 Å². The standard InChI is InChI=1S/C13H17BrN2/c1-4-10(14)13-15-11-8-9(3)6-7-12(11)16(13)5-2/h6-8,10H,4-5H2,1-3H3. The predicted octanol–water partition coefficient (Wildman–Crippen LogP) is 4.21. The summed E-state index contributed by atoms with van der Waals surface area (Å²) < 4.78 is 2.29. The molecule has 0 aliphatic rings. The van der Waals surface area contributed by atoms with E-state index in [9.17, 15) is 0 Å². The first kappa shape index (κ1) is 11.6. The van der Waals surface area contributed by atoms with Crippen molar-refractivity contribution >= 4 is 27.0 Å². The van der Waals surface area contributed by atoms with Gasteiger partial charge in [-0.2, -0.15) is 0 Å². The summed E-state index contributed by atoms with van der Waals surface area (Å²) >= 11 is 3.69. The van der Waals surface area contributed by atoms with Gasteiger partial charge < -0.3 is 4.57 Å². The van der Waals surface area contributed by atoms with Gasteiger partial charge in [0, 0.05) is 6.54 Å². The van der Waals surface area contributed by atoms with Crippen molar-refractivity contribution < 1.29 is 0 Å². The molecule has 1 unspecified atom stereocenters. The number of aromatic nitrogens is 2. The van der Waals surface area contributed by atoms with Crippen LogP contribution in [0.15, 0.2) is 18.2 Å². The summed E-state index contributed by atoms with van der Waals surface area (Å²) in [6.07, 6.45) is 1.06. The third-order valence-corrected chi connectivity index (χ3v) is 3.95. The Kier molecular flexibility index (Phi) is 3.33. The number of benzene rings is 1. The van der Waals surface area contributed by atoms with Gasteiger partial charge in [-0.3, -0.25) is 0 Å². The fourth-order valence-corrected chi connectivity index (χ4v) is 2.36. The van der Waals surface area contributed by atoms with Crippen molar-refractivity contribution in [2.45, 2.75) is 38.6 Å². The van der Waals surface area contributed by atoms with Crippen molar-refractivity contribution in [1.82, 2.24) is 9.55 Å². The van der Waals surface area contributed by atoms with E-state index in [2.05, 4.69) is 59.5 Å². The third kappa shape index (κ3) is 1.88. The number of hydrogen-bond donors (Lipinski definition) is 0. The number of nitrogens with zero attached hydrogens (tertiary/aromatic N) is 2. The van der Waals surface area contributed by atoms with E-state index in [1.807, 2.05) is 0 Å². The van der Waals surface area contributed by atoms with Gasteiger partial charge >= 0.3 is 0 Å². The number of aryl methyl sites for hydroxylation is 2. The summed E-state index contributed by atoms with van der Waals surface area (Å²) in [7, 11) is 0. The van der Waals surface area contributed by atoms with Gasteiger partial charge in [0.15, 0.2) is 0 Å². The molecule has 0 aliphatic carbocycles. The van der Waals surface area contributed by atoms with Crippen molar-refractivity contribution in [2.75, 3.05) is 0 Å². The highest BCUT2D eigenvalue weighted by Crippen LogP contribution is 2.29. The molecule has 1 atom stereocenters. The fourth-order valence-electron chi connectivity index (χ4n) is 2.01. The SMILES string of the molecule is CCC(Br)c1nc2cc(C)ccc2n1CC. The lowest BCUT2D eigenvalue weighted by molar-refractivity contribution is 0.697. The lowest BCUT2D eigenvalue weighted by atomic mass is 10.2. The van der Waals surface area contributed by atoms with Gasteiger partial charge in [-0.1, -0.05) is 28.9 Å². The van der Waals surface area contributed by atoms with E-state index in [4.69, 9.17) is 4.98 Å². The summed E-state index contributed by atoms with van der Waals surface area (Å²) in [6.45, 7) is 7.41. The molecule has 1 aromatic carbocycles. The van der Waals surface area contributed by atoms with Crippen LogP contribution >= 0.6 is 15.9 Å². The van der Waals surface area contributed by atoms with Crippen LogP contribution in [0.25, 0.3) is 11.0 Å². The minimum absolute atomic E-state index is 0.347. The van der Waals surface area contributed by atoms with E-state index < -0.39 is 0 Å². The zero-order valence-corrected chi connectivity index (χ0v) is 11.6. The second kappa shape index (κ2) is 4.58. The minimum atomic E-state index is 0.347. The van der Waals surface area contributed by atoms with E-state index in [0.29, 0.717) is 4.83 Å². The Morgan fingerprint density at radius 3 is 2.75 bits per heavy atom. The maximum absolute atomic E-state index is 4.73. The molecule has 0 N–H and O–H groups in total. The van der Waals surface area contributed by atoms with E-state index in [-0.39, 0.29) is 0 Å². The highest BCUT2D eigenvalue weighted by atomic mass is 79.9. The van der Waals surface area contributed by atoms with Crippen molar-refractivity contribution in [2.24, 2.45) is 0 Å². The number of fused-ring (bicyclic) bond motifs is 1. The molecule has 0 aliphatic heterocycles. The van der Waals surface area contributed by atoms with E-state index in [1.54, 1.807) is 0 Å². The van der Waals surface area contributed by atoms with Crippen molar-refractivity contribution in [3.8, 4) is 0 Å². The second-order valence-corrected chi connectivity index (χ2v) is 5.19. The summed E-state index contributed by atoms with van der Waals surface area (Å²) in [5.41, 5.74) is 3.61. The predicted molar refractivity (Wildman–Crippen MR) is 72.1 cm³/mol. The fraction of sp³-hybridized carbons (Fsp3) is 0.462. The van der Waals surface area contributed by atoms with Gasteiger partial charge in [-0.15, -0.1) is 0 Å². The molecule has 0 spiro atoms. The van der Waals surface area contributed by atoms with Gasteiger partial charge in [-0.25, -0.2) is 4.98 Å². The molecule has 1 aromatic heterocycles. The molecule has 0 saturated heterocycles. The second-order valence-electron chi connectivity index (χ2n) is 4.08. The smallest absolute Gasteiger partial charge is 0.123 e. The lowest BCUT2D eigenvalue weighted by Gasteiger charge is -2.09. The van der Waals surface area contributed by atoms with Crippen LogP contribution < -0.4 is 0 Å². The molecular formula is C13H17BrN2. The largest absolute Gasteiger partial charge is 0.327 e. The maximum Gasteiger partial charge on any atom is 0.123 e. The topological polar surface area (TPSA) is 17.8 Å². The Morgan fingerprint density at radius 2 is 2.12 bits per heavy atom. The van der Waals surface area contributed by atoms with Gasteiger partial charge in [0.1, 0.15) is 5.82 Å². The molecule has 0 amide bonds. The van der Waals surface area contributed by atoms with Crippen LogP contribution in [0.3, 0.4) is 0 Å². The Morgan fingerprint density at radius 1 is 1.38 bits per heavy atom. The average Bonchev–Trinajstić information content (AvgIpc) is 2.65. The zero-order chi connectivity index (χ0) is 11.7. The summed E-state index contributed by atoms with van der Waals surface area (Å²) in [5.74, 6) is 1.14. The first-order chi connectivity index (χ1) is 7.67. The van der Waals surface area contributed by atoms with Crippen LogP contribution in [0.5, 0.6) is 0 Å². The van der Waals surface area contributed by atoms with Crippen LogP contribution in [0.1, 0.15) is 36.5 Å². The van der Waals surface area contributed by atoms with Crippen LogP contribution in [-0.4, -0.2) is 9.55 Å². The molecule has 16 heavy (non-hydrogen) atoms. The van der Waals surface area contributed by atoms with Crippen molar-refractivity contribution in [3.63, 3.8) is 0 Å². The van der Waals surface area contributed by atoms with E-state index in [1.165, 1.54) is 11.1 Å². The Labute approximate surface area is 105 Å². The van der Waals surface area contributed by atoms with Gasteiger partial charge in [0.05, 0.1) is 15.9 Å². The Hall–Kier alpha value is -0.830. The van der Waals surface area contributed by atoms with E-state index >= 15 is 0 Å². The molecule has 86 valence electrons. The molecule has 0 saturated carbocycles. The maximum atomic E-state index is 4.73. The number of hydrogen-bond acceptors (Lipinski definition) is 1. The molecule has 2 nitrogen and oxygen atoms in total. The highest BCUT2D eigenvalue weighted by Gasteiger charge is 2.15. The molecule has 3 heteroatoms. The zero-order valence-electron chi connectivity index (χ0n) is 10.00. The first-order valence-corrected chi connectivity index (χ1v) is 6.69. The molecule has 1 heterocycles. The molecule has 0 bridgehead atoms. The molecule has 0 fully saturated rings. The van der Waals surface area contributed by atoms with Crippen LogP contribution in [0, 0.1) is 6.92 Å². The average molecular weight is 281 g/mol. The Bertz CT molecular complexity index is 502. The number of imidazole rings is 1. The summed E-state index contributed by atoms with van der Waals surface area (Å²) in [6, 6.07) is 6.47. The van der Waals surface area contributed by atoms with Crippen LogP contribution in [-0.2, 0) is 6.54 Å². The van der Waals surface area contributed by atoms with Crippen molar-refractivity contribution in [3.05, 3.63) is 29.6 Å². The minimum Gasteiger partial charge on any atom is -0.327 e. The first-order valence-electron chi connectivity index (χ1n) is 5.78. The van der Waals surface area contributed by atoms with E-state index in [0.717, 1.165) is 24.3 Å². The van der Waals surface area contributed by atoms with Gasteiger partial charge in [0.25, 0.3) is 0 Å². The normalized spacial score (nSPS) is 13.2. The number of alkyl halides is 1. The van der Waals surface area contributed by atoms with Gasteiger partial charge in [-0.05, 0) is 38.0 Å². The third-order valence-electron chi connectivity index (χ3n) is 2.89. The van der Waals surface area contributed by atoms with Crippen LogP contribution in [0.4, 0.5) is 0 Å². The monoisotopic (exact) mass is 280 g/mol. The Balaban J connectivity index is 2.65. The molecular weight excluding hydrogens is 264 g/mol. The molecule has 2 rings (SSSR count). The molecule has 0 radical (unpaired) electrons. The lowest BCUT2D eigenvalue weighted by Crippen LogP contribution is -2.03. The van der Waals surface area contributed by atoms with Crippen LogP contribution in [0.2, 0.25) is 0 Å². The quantitative estimate of drug-likeness (QED) is 0.770.